The molecule has 0 aliphatic carbocycles. The Labute approximate surface area is 139 Å². The molecule has 2 aromatic heterocycles. The van der Waals surface area contributed by atoms with Crippen molar-refractivity contribution in [1.82, 2.24) is 14.5 Å². The zero-order chi connectivity index (χ0) is 16.2. The molecule has 0 fully saturated rings. The number of aromatic nitrogens is 3. The molecule has 0 spiro atoms. The van der Waals surface area contributed by atoms with E-state index in [0.717, 1.165) is 17.1 Å². The van der Waals surface area contributed by atoms with Crippen LogP contribution in [0.4, 0.5) is 0 Å². The molecule has 110 valence electrons. The molecule has 0 atom stereocenters. The van der Waals surface area contributed by atoms with Gasteiger partial charge >= 0.3 is 0 Å². The van der Waals surface area contributed by atoms with Crippen LogP contribution >= 0.6 is 11.6 Å². The second-order valence-electron chi connectivity index (χ2n) is 4.82. The molecule has 2 heterocycles. The number of nitriles is 1. The molecule has 1 aromatic carbocycles. The summed E-state index contributed by atoms with van der Waals surface area (Å²) in [5.74, 6) is 6.83. The fraction of sp³-hybridized carbons (Fsp3) is 0.0556. The van der Waals surface area contributed by atoms with Gasteiger partial charge in [-0.1, -0.05) is 23.6 Å². The number of benzene rings is 1. The third-order valence-electron chi connectivity index (χ3n) is 3.20. The smallest absolute Gasteiger partial charge is 0.132 e. The number of pyridine rings is 1. The van der Waals surface area contributed by atoms with E-state index in [9.17, 15) is 0 Å². The third-order valence-corrected chi connectivity index (χ3v) is 3.40. The molecule has 3 rings (SSSR count). The fourth-order valence-corrected chi connectivity index (χ4v) is 2.31. The molecule has 0 aliphatic heterocycles. The van der Waals surface area contributed by atoms with E-state index in [1.807, 2.05) is 35.9 Å². The molecule has 0 saturated heterocycles. The maximum atomic E-state index is 9.00. The van der Waals surface area contributed by atoms with Gasteiger partial charge in [-0.2, -0.15) is 5.26 Å². The van der Waals surface area contributed by atoms with E-state index in [1.54, 1.807) is 24.4 Å². The molecular weight excluding hydrogens is 308 g/mol. The molecule has 4 nitrogen and oxygen atoms in total. The average Bonchev–Trinajstić information content (AvgIpc) is 2.94. The monoisotopic (exact) mass is 318 g/mol. The van der Waals surface area contributed by atoms with Crippen molar-refractivity contribution in [2.24, 2.45) is 0 Å². The van der Waals surface area contributed by atoms with Gasteiger partial charge in [0.25, 0.3) is 0 Å². The van der Waals surface area contributed by atoms with Crippen LogP contribution in [0.15, 0.2) is 48.8 Å². The van der Waals surface area contributed by atoms with Crippen molar-refractivity contribution in [3.8, 4) is 23.6 Å². The van der Waals surface area contributed by atoms with E-state index >= 15 is 0 Å². The van der Waals surface area contributed by atoms with Crippen LogP contribution < -0.4 is 0 Å². The molecule has 0 aliphatic rings. The third kappa shape index (κ3) is 3.40. The van der Waals surface area contributed by atoms with E-state index in [1.165, 1.54) is 0 Å². The number of rotatable bonds is 1. The Bertz CT molecular complexity index is 970. The molecule has 0 unspecified atom stereocenters. The van der Waals surface area contributed by atoms with Crippen molar-refractivity contribution in [1.29, 1.82) is 5.26 Å². The quantitative estimate of drug-likeness (QED) is 0.509. The van der Waals surface area contributed by atoms with Gasteiger partial charge in [-0.25, -0.2) is 9.97 Å². The van der Waals surface area contributed by atoms with Gasteiger partial charge in [0.1, 0.15) is 16.7 Å². The Morgan fingerprint density at radius 3 is 2.78 bits per heavy atom. The van der Waals surface area contributed by atoms with E-state index in [0.29, 0.717) is 16.4 Å². The van der Waals surface area contributed by atoms with Gasteiger partial charge in [0.2, 0.25) is 0 Å². The molecule has 0 N–H and O–H groups in total. The van der Waals surface area contributed by atoms with Gasteiger partial charge in [0.05, 0.1) is 11.6 Å². The summed E-state index contributed by atoms with van der Waals surface area (Å²) in [7, 11) is 0. The molecule has 3 aromatic rings. The minimum Gasteiger partial charge on any atom is -0.303 e. The molecule has 23 heavy (non-hydrogen) atoms. The predicted octanol–water partition coefficient (Wildman–Crippen LogP) is 3.50. The van der Waals surface area contributed by atoms with Crippen molar-refractivity contribution in [3.05, 3.63) is 76.6 Å². The Balaban J connectivity index is 1.94. The van der Waals surface area contributed by atoms with Crippen LogP contribution in [0.3, 0.4) is 0 Å². The molecule has 5 heteroatoms. The molecule has 0 amide bonds. The second-order valence-corrected chi connectivity index (χ2v) is 5.21. The van der Waals surface area contributed by atoms with Crippen LogP contribution in [0.5, 0.6) is 0 Å². The van der Waals surface area contributed by atoms with Gasteiger partial charge < -0.3 is 4.57 Å². The number of hydrogen-bond donors (Lipinski definition) is 0. The summed E-state index contributed by atoms with van der Waals surface area (Å²) in [5, 5.41) is 9.41. The van der Waals surface area contributed by atoms with Crippen LogP contribution in [0.2, 0.25) is 5.15 Å². The summed E-state index contributed by atoms with van der Waals surface area (Å²) in [4.78, 5) is 8.36. The highest BCUT2D eigenvalue weighted by Crippen LogP contribution is 2.14. The number of aryl methyl sites for hydroxylation is 1. The second kappa shape index (κ2) is 6.36. The lowest BCUT2D eigenvalue weighted by molar-refractivity contribution is 0.974. The highest BCUT2D eigenvalue weighted by atomic mass is 35.5. The molecule has 0 radical (unpaired) electrons. The fourth-order valence-electron chi connectivity index (χ4n) is 2.14. The topological polar surface area (TPSA) is 54.5 Å². The summed E-state index contributed by atoms with van der Waals surface area (Å²) < 4.78 is 1.91. The summed E-state index contributed by atoms with van der Waals surface area (Å²) >= 11 is 5.84. The van der Waals surface area contributed by atoms with E-state index in [-0.39, 0.29) is 0 Å². The first-order valence-electron chi connectivity index (χ1n) is 6.86. The first-order chi connectivity index (χ1) is 11.2. The lowest BCUT2D eigenvalue weighted by Gasteiger charge is -2.04. The van der Waals surface area contributed by atoms with Gasteiger partial charge in [0, 0.05) is 23.6 Å². The van der Waals surface area contributed by atoms with Crippen molar-refractivity contribution in [2.75, 3.05) is 0 Å². The van der Waals surface area contributed by atoms with Gasteiger partial charge in [-0.05, 0) is 43.2 Å². The lowest BCUT2D eigenvalue weighted by Crippen LogP contribution is -1.95. The molecular formula is C18H11ClN4. The summed E-state index contributed by atoms with van der Waals surface area (Å²) in [6.07, 6.45) is 3.46. The normalized spacial score (nSPS) is 9.78. The number of imidazole rings is 1. The van der Waals surface area contributed by atoms with Crippen molar-refractivity contribution >= 4 is 11.6 Å². The van der Waals surface area contributed by atoms with Crippen molar-refractivity contribution in [2.45, 2.75) is 6.92 Å². The van der Waals surface area contributed by atoms with Crippen LogP contribution in [0.1, 0.15) is 22.6 Å². The van der Waals surface area contributed by atoms with E-state index in [4.69, 9.17) is 16.9 Å². The largest absolute Gasteiger partial charge is 0.303 e. The lowest BCUT2D eigenvalue weighted by atomic mass is 10.2. The minimum atomic E-state index is 0.409. The minimum absolute atomic E-state index is 0.409. The first kappa shape index (κ1) is 14.8. The van der Waals surface area contributed by atoms with E-state index in [2.05, 4.69) is 27.9 Å². The molecule has 0 saturated carbocycles. The van der Waals surface area contributed by atoms with Gasteiger partial charge in [0.15, 0.2) is 0 Å². The highest BCUT2D eigenvalue weighted by Gasteiger charge is 2.05. The van der Waals surface area contributed by atoms with Gasteiger partial charge in [-0.3, -0.25) is 0 Å². The van der Waals surface area contributed by atoms with Gasteiger partial charge in [-0.15, -0.1) is 0 Å². The van der Waals surface area contributed by atoms with E-state index < -0.39 is 0 Å². The maximum absolute atomic E-state index is 9.00. The molecule has 0 bridgehead atoms. The Morgan fingerprint density at radius 1 is 1.13 bits per heavy atom. The Hall–Kier alpha value is -3.08. The van der Waals surface area contributed by atoms with Crippen LogP contribution in [0.25, 0.3) is 5.69 Å². The standard InChI is InChI=1S/C18H11ClN4/c1-13-22-16(6-5-14-7-8-21-18(19)10-14)12-23(13)17-4-2-3-15(9-17)11-20/h2-4,7-10,12H,1H3. The average molecular weight is 319 g/mol. The first-order valence-corrected chi connectivity index (χ1v) is 7.23. The predicted molar refractivity (Wildman–Crippen MR) is 88.2 cm³/mol. The number of hydrogen-bond acceptors (Lipinski definition) is 3. The van der Waals surface area contributed by atoms with Crippen LogP contribution in [-0.4, -0.2) is 14.5 Å². The van der Waals surface area contributed by atoms with Crippen molar-refractivity contribution in [3.63, 3.8) is 0 Å². The maximum Gasteiger partial charge on any atom is 0.132 e. The number of nitrogens with zero attached hydrogens (tertiary/aromatic N) is 4. The van der Waals surface area contributed by atoms with Crippen molar-refractivity contribution < 1.29 is 0 Å². The summed E-state index contributed by atoms with van der Waals surface area (Å²) in [6.45, 7) is 1.90. The van der Waals surface area contributed by atoms with Crippen LogP contribution in [0, 0.1) is 30.1 Å². The summed E-state index contributed by atoms with van der Waals surface area (Å²) in [6, 6.07) is 13.0. The zero-order valence-corrected chi connectivity index (χ0v) is 13.0. The SMILES string of the molecule is Cc1nc(C#Cc2ccnc(Cl)c2)cn1-c1cccc(C#N)c1. The Morgan fingerprint density at radius 2 is 2.00 bits per heavy atom. The number of halogens is 1. The summed E-state index contributed by atoms with van der Waals surface area (Å²) in [5.41, 5.74) is 2.92. The zero-order valence-electron chi connectivity index (χ0n) is 12.3. The van der Waals surface area contributed by atoms with Crippen LogP contribution in [-0.2, 0) is 0 Å². The Kier molecular flexibility index (Phi) is 4.10. The highest BCUT2D eigenvalue weighted by molar-refractivity contribution is 6.29.